The van der Waals surface area contributed by atoms with Crippen LogP contribution in [0.3, 0.4) is 0 Å². The van der Waals surface area contributed by atoms with Gasteiger partial charge in [0.1, 0.15) is 18.2 Å². The average molecular weight is 534 g/mol. The number of likely N-dealkylation sites (tertiary alicyclic amines) is 1. The maximum absolute atomic E-state index is 14.0. The number of alkyl halides is 3. The number of aromatic nitrogens is 2. The standard InChI is InChI=1S/C27H31F4N5O2/c1-18-25(36(22-10-5-4-6-11-22)34-26(18)38-13-12-37-3)33-19(2)32-24-16-35(17-27(29,30)31)15-23(24)20-8-7-9-21(28)14-20/h4-11,14,23-24,32-33H,2,12-13,15-17H2,1,3H3/t23-,24+/m0/s1. The van der Waals surface area contributed by atoms with E-state index in [2.05, 4.69) is 22.3 Å². The van der Waals surface area contributed by atoms with Crippen LogP contribution in [0, 0.1) is 12.7 Å². The Kier molecular flexibility index (Phi) is 8.58. The fourth-order valence-corrected chi connectivity index (χ4v) is 4.63. The molecule has 3 aromatic rings. The van der Waals surface area contributed by atoms with E-state index in [9.17, 15) is 17.6 Å². The molecular weight excluding hydrogens is 502 g/mol. The summed E-state index contributed by atoms with van der Waals surface area (Å²) in [5.41, 5.74) is 2.13. The molecule has 0 aliphatic carbocycles. The van der Waals surface area contributed by atoms with Crippen molar-refractivity contribution in [2.24, 2.45) is 0 Å². The number of nitrogens with one attached hydrogen (secondary N) is 2. The first kappa shape index (κ1) is 27.5. The molecule has 1 aliphatic heterocycles. The van der Waals surface area contributed by atoms with Crippen molar-refractivity contribution in [3.63, 3.8) is 0 Å². The van der Waals surface area contributed by atoms with E-state index in [1.807, 2.05) is 37.3 Å². The summed E-state index contributed by atoms with van der Waals surface area (Å²) in [7, 11) is 1.58. The monoisotopic (exact) mass is 533 g/mol. The lowest BCUT2D eigenvalue weighted by atomic mass is 9.94. The Bertz CT molecular complexity index is 1230. The molecule has 2 N–H and O–H groups in total. The summed E-state index contributed by atoms with van der Waals surface area (Å²) in [6.07, 6.45) is -4.34. The molecule has 0 saturated carbocycles. The first-order valence-electron chi connectivity index (χ1n) is 12.2. The van der Waals surface area contributed by atoms with E-state index in [0.717, 1.165) is 11.3 Å². The van der Waals surface area contributed by atoms with E-state index < -0.39 is 24.6 Å². The smallest absolute Gasteiger partial charge is 0.401 e. The Morgan fingerprint density at radius 2 is 1.87 bits per heavy atom. The van der Waals surface area contributed by atoms with Crippen LogP contribution in [0.1, 0.15) is 17.0 Å². The maximum Gasteiger partial charge on any atom is 0.401 e. The molecule has 0 unspecified atom stereocenters. The van der Waals surface area contributed by atoms with E-state index in [0.29, 0.717) is 36.3 Å². The van der Waals surface area contributed by atoms with Crippen molar-refractivity contribution < 1.29 is 27.0 Å². The van der Waals surface area contributed by atoms with Crippen LogP contribution in [0.25, 0.3) is 5.69 Å². The van der Waals surface area contributed by atoms with Gasteiger partial charge in [-0.15, -0.1) is 5.10 Å². The zero-order valence-electron chi connectivity index (χ0n) is 21.3. The topological polar surface area (TPSA) is 63.6 Å². The van der Waals surface area contributed by atoms with Crippen LogP contribution in [0.4, 0.5) is 23.4 Å². The Morgan fingerprint density at radius 1 is 1.11 bits per heavy atom. The van der Waals surface area contributed by atoms with Crippen molar-refractivity contribution in [1.82, 2.24) is 20.0 Å². The van der Waals surface area contributed by atoms with Gasteiger partial charge in [0.2, 0.25) is 5.88 Å². The molecule has 0 radical (unpaired) electrons. The van der Waals surface area contributed by atoms with Crippen molar-refractivity contribution in [2.75, 3.05) is 45.3 Å². The fraction of sp³-hybridized carbons (Fsp3) is 0.370. The van der Waals surface area contributed by atoms with E-state index in [4.69, 9.17) is 9.47 Å². The van der Waals surface area contributed by atoms with E-state index in [1.165, 1.54) is 17.0 Å². The van der Waals surface area contributed by atoms with E-state index >= 15 is 0 Å². The van der Waals surface area contributed by atoms with Gasteiger partial charge in [-0.2, -0.15) is 13.2 Å². The molecule has 204 valence electrons. The van der Waals surface area contributed by atoms with Gasteiger partial charge in [0.15, 0.2) is 0 Å². The predicted molar refractivity (Wildman–Crippen MR) is 137 cm³/mol. The van der Waals surface area contributed by atoms with Crippen LogP contribution in [-0.2, 0) is 4.74 Å². The van der Waals surface area contributed by atoms with Crippen LogP contribution in [0.2, 0.25) is 0 Å². The molecule has 0 spiro atoms. The third kappa shape index (κ3) is 6.84. The minimum Gasteiger partial charge on any atom is -0.474 e. The molecule has 0 bridgehead atoms. The quantitative estimate of drug-likeness (QED) is 0.272. The number of rotatable bonds is 11. The molecule has 7 nitrogen and oxygen atoms in total. The van der Waals surface area contributed by atoms with Crippen LogP contribution in [0.15, 0.2) is 67.0 Å². The highest BCUT2D eigenvalue weighted by atomic mass is 19.4. The van der Waals surface area contributed by atoms with Gasteiger partial charge >= 0.3 is 6.18 Å². The number of benzene rings is 2. The van der Waals surface area contributed by atoms with Crippen molar-refractivity contribution in [3.05, 3.63) is 83.9 Å². The summed E-state index contributed by atoms with van der Waals surface area (Å²) in [6.45, 7) is 5.84. The molecule has 2 heterocycles. The van der Waals surface area contributed by atoms with Crippen molar-refractivity contribution in [2.45, 2.75) is 25.1 Å². The fourth-order valence-electron chi connectivity index (χ4n) is 4.63. The number of hydrogen-bond acceptors (Lipinski definition) is 6. The summed E-state index contributed by atoms with van der Waals surface area (Å²) >= 11 is 0. The molecule has 4 rings (SSSR count). The zero-order valence-corrected chi connectivity index (χ0v) is 21.3. The molecular formula is C27H31F4N5O2. The van der Waals surface area contributed by atoms with Crippen molar-refractivity contribution >= 4 is 5.82 Å². The maximum atomic E-state index is 14.0. The Labute approximate surface area is 219 Å². The van der Waals surface area contributed by atoms with Gasteiger partial charge in [-0.25, -0.2) is 9.07 Å². The molecule has 0 amide bonds. The molecule has 1 fully saturated rings. The normalized spacial score (nSPS) is 17.9. The van der Waals surface area contributed by atoms with Gasteiger partial charge in [-0.3, -0.25) is 4.90 Å². The second-order valence-corrected chi connectivity index (χ2v) is 9.19. The van der Waals surface area contributed by atoms with Gasteiger partial charge < -0.3 is 20.1 Å². The van der Waals surface area contributed by atoms with E-state index in [1.54, 1.807) is 23.9 Å². The molecule has 1 saturated heterocycles. The second-order valence-electron chi connectivity index (χ2n) is 9.19. The summed E-state index contributed by atoms with van der Waals surface area (Å²) in [5, 5.41) is 11.1. The highest BCUT2D eigenvalue weighted by Crippen LogP contribution is 2.32. The lowest BCUT2D eigenvalue weighted by Crippen LogP contribution is -2.38. The molecule has 2 atom stereocenters. The third-order valence-corrected chi connectivity index (χ3v) is 6.31. The van der Waals surface area contributed by atoms with Gasteiger partial charge in [-0.05, 0) is 36.8 Å². The number of hydrogen-bond donors (Lipinski definition) is 2. The number of anilines is 1. The van der Waals surface area contributed by atoms with Gasteiger partial charge in [0.05, 0.1) is 30.2 Å². The lowest BCUT2D eigenvalue weighted by Gasteiger charge is -2.24. The highest BCUT2D eigenvalue weighted by Gasteiger charge is 2.40. The molecule has 38 heavy (non-hydrogen) atoms. The SMILES string of the molecule is C=C(Nc1c(C)c(OCCOC)nn1-c1ccccc1)N[C@@H]1CN(CC(F)(F)F)C[C@H]1c1cccc(F)c1. The highest BCUT2D eigenvalue weighted by molar-refractivity contribution is 5.57. The minimum atomic E-state index is -4.34. The first-order chi connectivity index (χ1) is 18.1. The zero-order chi connectivity index (χ0) is 27.3. The van der Waals surface area contributed by atoms with Crippen LogP contribution < -0.4 is 15.4 Å². The van der Waals surface area contributed by atoms with E-state index in [-0.39, 0.29) is 19.0 Å². The molecule has 2 aromatic carbocycles. The largest absolute Gasteiger partial charge is 0.474 e. The number of halogens is 4. The Hall–Kier alpha value is -3.57. The first-order valence-corrected chi connectivity index (χ1v) is 12.2. The number of ether oxygens (including phenoxy) is 2. The third-order valence-electron chi connectivity index (χ3n) is 6.31. The lowest BCUT2D eigenvalue weighted by molar-refractivity contribution is -0.143. The Morgan fingerprint density at radius 3 is 2.55 bits per heavy atom. The van der Waals surface area contributed by atoms with Gasteiger partial charge in [-0.1, -0.05) is 36.9 Å². The van der Waals surface area contributed by atoms with Crippen LogP contribution >= 0.6 is 0 Å². The van der Waals surface area contributed by atoms with Gasteiger partial charge in [0.25, 0.3) is 0 Å². The van der Waals surface area contributed by atoms with Crippen molar-refractivity contribution in [1.29, 1.82) is 0 Å². The Balaban J connectivity index is 1.56. The summed E-state index contributed by atoms with van der Waals surface area (Å²) in [4.78, 5) is 1.32. The second kappa shape index (κ2) is 11.9. The number of methoxy groups -OCH3 is 1. The number of nitrogens with zero attached hydrogens (tertiary/aromatic N) is 3. The molecule has 11 heteroatoms. The van der Waals surface area contributed by atoms with Crippen molar-refractivity contribution in [3.8, 4) is 11.6 Å². The summed E-state index contributed by atoms with van der Waals surface area (Å²) < 4.78 is 66.0. The van der Waals surface area contributed by atoms with Crippen LogP contribution in [0.5, 0.6) is 5.88 Å². The predicted octanol–water partition coefficient (Wildman–Crippen LogP) is 4.85. The molecule has 1 aliphatic rings. The van der Waals surface area contributed by atoms with Crippen LogP contribution in [-0.4, -0.2) is 66.9 Å². The minimum absolute atomic E-state index is 0.115. The molecule has 1 aromatic heterocycles. The summed E-state index contributed by atoms with van der Waals surface area (Å²) in [5.74, 6) is 0.564. The average Bonchev–Trinajstić information content (AvgIpc) is 3.39. The number of para-hydroxylation sites is 1. The summed E-state index contributed by atoms with van der Waals surface area (Å²) in [6, 6.07) is 15.0. The van der Waals surface area contributed by atoms with Gasteiger partial charge in [0, 0.05) is 32.2 Å².